The quantitative estimate of drug-likeness (QED) is 0.722. The number of fused-ring (bicyclic) bond motifs is 1. The van der Waals surface area contributed by atoms with E-state index in [-0.39, 0.29) is 0 Å². The molecule has 3 nitrogen and oxygen atoms in total. The smallest absolute Gasteiger partial charge is 0.152 e. The standard InChI is InChI=1S/C16H14N2O/c1-2-11-3-4-15-13(9-11)14(10-19)16(18-15)12-5-7-17-8-6-12/h3-10,18H,2H2,1H3. The van der Waals surface area contributed by atoms with Crippen molar-refractivity contribution in [1.29, 1.82) is 0 Å². The monoisotopic (exact) mass is 250 g/mol. The number of nitrogens with one attached hydrogen (secondary N) is 1. The van der Waals surface area contributed by atoms with Crippen LogP contribution in [0, 0.1) is 0 Å². The van der Waals surface area contributed by atoms with E-state index in [0.29, 0.717) is 0 Å². The van der Waals surface area contributed by atoms with E-state index in [0.717, 1.165) is 40.4 Å². The van der Waals surface area contributed by atoms with Crippen LogP contribution >= 0.6 is 0 Å². The van der Waals surface area contributed by atoms with E-state index >= 15 is 0 Å². The molecular formula is C16H14N2O. The zero-order valence-electron chi connectivity index (χ0n) is 10.7. The Kier molecular flexibility index (Phi) is 2.88. The van der Waals surface area contributed by atoms with Crippen LogP contribution in [0.5, 0.6) is 0 Å². The van der Waals surface area contributed by atoms with Gasteiger partial charge in [-0.25, -0.2) is 0 Å². The second-order valence-electron chi connectivity index (χ2n) is 4.50. The Morgan fingerprint density at radius 2 is 2.00 bits per heavy atom. The zero-order chi connectivity index (χ0) is 13.2. The first-order valence-corrected chi connectivity index (χ1v) is 6.33. The number of carbonyl (C=O) groups is 1. The molecule has 0 saturated carbocycles. The lowest BCUT2D eigenvalue weighted by Crippen LogP contribution is -1.85. The Bertz CT molecular complexity index is 729. The van der Waals surface area contributed by atoms with Gasteiger partial charge in [0.25, 0.3) is 0 Å². The minimum Gasteiger partial charge on any atom is -0.354 e. The number of aryl methyl sites for hydroxylation is 1. The highest BCUT2D eigenvalue weighted by atomic mass is 16.1. The molecule has 0 saturated heterocycles. The molecule has 94 valence electrons. The molecule has 3 rings (SSSR count). The Morgan fingerprint density at radius 3 is 2.68 bits per heavy atom. The summed E-state index contributed by atoms with van der Waals surface area (Å²) < 4.78 is 0. The van der Waals surface area contributed by atoms with Gasteiger partial charge in [-0.05, 0) is 36.2 Å². The highest BCUT2D eigenvalue weighted by molar-refractivity contribution is 6.04. The number of benzene rings is 1. The third kappa shape index (κ3) is 1.93. The van der Waals surface area contributed by atoms with Crippen LogP contribution in [-0.2, 0) is 6.42 Å². The lowest BCUT2D eigenvalue weighted by molar-refractivity contribution is 0.112. The van der Waals surface area contributed by atoms with E-state index in [1.165, 1.54) is 5.56 Å². The Labute approximate surface area is 111 Å². The van der Waals surface area contributed by atoms with Crippen molar-refractivity contribution in [1.82, 2.24) is 9.97 Å². The van der Waals surface area contributed by atoms with Crippen molar-refractivity contribution >= 4 is 17.2 Å². The maximum absolute atomic E-state index is 11.4. The highest BCUT2D eigenvalue weighted by Crippen LogP contribution is 2.29. The largest absolute Gasteiger partial charge is 0.354 e. The molecule has 0 radical (unpaired) electrons. The van der Waals surface area contributed by atoms with Crippen LogP contribution < -0.4 is 0 Å². The van der Waals surface area contributed by atoms with Crippen molar-refractivity contribution in [2.24, 2.45) is 0 Å². The van der Waals surface area contributed by atoms with E-state index in [9.17, 15) is 4.79 Å². The van der Waals surface area contributed by atoms with Crippen molar-refractivity contribution in [3.8, 4) is 11.3 Å². The number of H-pyrrole nitrogens is 1. The van der Waals surface area contributed by atoms with Gasteiger partial charge in [-0.3, -0.25) is 9.78 Å². The van der Waals surface area contributed by atoms with Gasteiger partial charge in [-0.15, -0.1) is 0 Å². The summed E-state index contributed by atoms with van der Waals surface area (Å²) in [7, 11) is 0. The molecular weight excluding hydrogens is 236 g/mol. The first-order valence-electron chi connectivity index (χ1n) is 6.33. The van der Waals surface area contributed by atoms with E-state index in [1.54, 1.807) is 12.4 Å². The van der Waals surface area contributed by atoms with Crippen LogP contribution in [0.2, 0.25) is 0 Å². The topological polar surface area (TPSA) is 45.8 Å². The second-order valence-corrected chi connectivity index (χ2v) is 4.50. The molecule has 1 N–H and O–H groups in total. The van der Waals surface area contributed by atoms with Gasteiger partial charge in [0.2, 0.25) is 0 Å². The number of nitrogens with zero attached hydrogens (tertiary/aromatic N) is 1. The van der Waals surface area contributed by atoms with Crippen LogP contribution in [0.3, 0.4) is 0 Å². The molecule has 0 amide bonds. The van der Waals surface area contributed by atoms with Crippen LogP contribution in [0.15, 0.2) is 42.7 Å². The maximum atomic E-state index is 11.4. The molecule has 0 spiro atoms. The summed E-state index contributed by atoms with van der Waals surface area (Å²) in [6, 6.07) is 10.0. The predicted octanol–water partition coefficient (Wildman–Crippen LogP) is 3.60. The molecule has 3 aromatic rings. The molecule has 2 aromatic heterocycles. The summed E-state index contributed by atoms with van der Waals surface area (Å²) in [5.41, 5.74) is 4.78. The van der Waals surface area contributed by atoms with Gasteiger partial charge in [-0.1, -0.05) is 13.0 Å². The molecule has 19 heavy (non-hydrogen) atoms. The second kappa shape index (κ2) is 4.69. The van der Waals surface area contributed by atoms with Crippen LogP contribution in [-0.4, -0.2) is 16.3 Å². The van der Waals surface area contributed by atoms with Gasteiger partial charge in [0.1, 0.15) is 0 Å². The number of aromatic nitrogens is 2. The summed E-state index contributed by atoms with van der Waals surface area (Å²) in [6.45, 7) is 2.11. The fraction of sp³-hybridized carbons (Fsp3) is 0.125. The van der Waals surface area contributed by atoms with Gasteiger partial charge in [0, 0.05) is 34.4 Å². The molecule has 0 fully saturated rings. The van der Waals surface area contributed by atoms with Crippen LogP contribution in [0.1, 0.15) is 22.8 Å². The Morgan fingerprint density at radius 1 is 1.21 bits per heavy atom. The average molecular weight is 250 g/mol. The molecule has 0 atom stereocenters. The minimum atomic E-state index is 0.719. The van der Waals surface area contributed by atoms with Crippen molar-refractivity contribution < 1.29 is 4.79 Å². The number of pyridine rings is 1. The molecule has 0 aliphatic heterocycles. The fourth-order valence-corrected chi connectivity index (χ4v) is 2.35. The SMILES string of the molecule is CCc1ccc2[nH]c(-c3ccncc3)c(C=O)c2c1. The summed E-state index contributed by atoms with van der Waals surface area (Å²) >= 11 is 0. The van der Waals surface area contributed by atoms with Crippen LogP contribution in [0.4, 0.5) is 0 Å². The Hall–Kier alpha value is -2.42. The lowest BCUT2D eigenvalue weighted by Gasteiger charge is -1.98. The number of aromatic amines is 1. The first kappa shape index (κ1) is 11.7. The van der Waals surface area contributed by atoms with Crippen molar-refractivity contribution in [3.63, 3.8) is 0 Å². The predicted molar refractivity (Wildman–Crippen MR) is 76.3 cm³/mol. The van der Waals surface area contributed by atoms with Crippen LogP contribution in [0.25, 0.3) is 22.2 Å². The summed E-state index contributed by atoms with van der Waals surface area (Å²) in [6.07, 6.45) is 5.35. The van der Waals surface area contributed by atoms with Crippen molar-refractivity contribution in [3.05, 3.63) is 53.9 Å². The van der Waals surface area contributed by atoms with E-state index < -0.39 is 0 Å². The number of aldehydes is 1. The number of hydrogen-bond acceptors (Lipinski definition) is 2. The third-order valence-corrected chi connectivity index (χ3v) is 3.40. The molecule has 0 aliphatic carbocycles. The van der Waals surface area contributed by atoms with Gasteiger partial charge in [-0.2, -0.15) is 0 Å². The molecule has 3 heteroatoms. The van der Waals surface area contributed by atoms with Gasteiger partial charge < -0.3 is 4.98 Å². The lowest BCUT2D eigenvalue weighted by atomic mass is 10.0. The van der Waals surface area contributed by atoms with Gasteiger partial charge >= 0.3 is 0 Å². The molecule has 2 heterocycles. The zero-order valence-corrected chi connectivity index (χ0v) is 10.7. The molecule has 0 unspecified atom stereocenters. The van der Waals surface area contributed by atoms with Crippen molar-refractivity contribution in [2.75, 3.05) is 0 Å². The van der Waals surface area contributed by atoms with Gasteiger partial charge in [0.05, 0.1) is 5.69 Å². The third-order valence-electron chi connectivity index (χ3n) is 3.40. The Balaban J connectivity index is 2.29. The molecule has 0 aliphatic rings. The molecule has 1 aromatic carbocycles. The fourth-order valence-electron chi connectivity index (χ4n) is 2.35. The maximum Gasteiger partial charge on any atom is 0.152 e. The van der Waals surface area contributed by atoms with E-state index in [2.05, 4.69) is 29.0 Å². The average Bonchev–Trinajstić information content (AvgIpc) is 2.85. The number of rotatable bonds is 3. The normalized spacial score (nSPS) is 10.8. The first-order chi connectivity index (χ1) is 9.33. The minimum absolute atomic E-state index is 0.719. The molecule has 0 bridgehead atoms. The summed E-state index contributed by atoms with van der Waals surface area (Å²) in [5, 5.41) is 0.987. The van der Waals surface area contributed by atoms with E-state index in [4.69, 9.17) is 0 Å². The number of carbonyl (C=O) groups excluding carboxylic acids is 1. The summed E-state index contributed by atoms with van der Waals surface area (Å²) in [4.78, 5) is 18.8. The van der Waals surface area contributed by atoms with E-state index in [1.807, 2.05) is 18.2 Å². The number of hydrogen-bond donors (Lipinski definition) is 1. The van der Waals surface area contributed by atoms with Crippen molar-refractivity contribution in [2.45, 2.75) is 13.3 Å². The summed E-state index contributed by atoms with van der Waals surface area (Å²) in [5.74, 6) is 0. The highest BCUT2D eigenvalue weighted by Gasteiger charge is 2.12. The van der Waals surface area contributed by atoms with Gasteiger partial charge in [0.15, 0.2) is 6.29 Å².